The highest BCUT2D eigenvalue weighted by atomic mass is 32.1. The van der Waals surface area contributed by atoms with Gasteiger partial charge in [0.2, 0.25) is 0 Å². The molecule has 0 unspecified atom stereocenters. The van der Waals surface area contributed by atoms with Gasteiger partial charge in [0.05, 0.1) is 0 Å². The third kappa shape index (κ3) is 5.57. The highest BCUT2D eigenvalue weighted by Gasteiger charge is 2.28. The largest absolute Gasteiger partial charge is 0.144 e. The highest BCUT2D eigenvalue weighted by Crippen LogP contribution is 2.48. The zero-order chi connectivity index (χ0) is 18.5. The van der Waals surface area contributed by atoms with E-state index in [-0.39, 0.29) is 7.92 Å². The van der Waals surface area contributed by atoms with E-state index >= 15 is 0 Å². The zero-order valence-corrected chi connectivity index (χ0v) is 19.4. The van der Waals surface area contributed by atoms with E-state index in [0.717, 1.165) is 23.7 Å². The van der Waals surface area contributed by atoms with E-state index in [1.807, 2.05) is 10.2 Å². The fraction of sp³-hybridized carbons (Fsp3) is 0.833. The molecule has 1 aromatic heterocycles. The molecule has 0 radical (unpaired) electrons. The minimum Gasteiger partial charge on any atom is -0.144 e. The van der Waals surface area contributed by atoms with Gasteiger partial charge < -0.3 is 0 Å². The highest BCUT2D eigenvalue weighted by molar-refractivity contribution is 7.66. The molecule has 0 nitrogen and oxygen atoms in total. The molecule has 2 aliphatic rings. The van der Waals surface area contributed by atoms with Gasteiger partial charge in [0, 0.05) is 9.75 Å². The molecule has 2 saturated carbocycles. The van der Waals surface area contributed by atoms with Gasteiger partial charge in [0.25, 0.3) is 0 Å². The second-order valence-electron chi connectivity index (χ2n) is 9.76. The summed E-state index contributed by atoms with van der Waals surface area (Å²) in [6.07, 6.45) is 17.5. The molecule has 148 valence electrons. The van der Waals surface area contributed by atoms with E-state index in [1.54, 1.807) is 4.88 Å². The molecule has 0 aliphatic heterocycles. The maximum absolute atomic E-state index is 2.75. The fourth-order valence-electron chi connectivity index (χ4n) is 5.06. The molecule has 0 bridgehead atoms. The molecular formula is C24H41PS. The van der Waals surface area contributed by atoms with E-state index in [4.69, 9.17) is 0 Å². The number of hydrogen-bond acceptors (Lipinski definition) is 1. The smallest absolute Gasteiger partial charge is 0.0156 e. The Morgan fingerprint density at radius 1 is 0.808 bits per heavy atom. The maximum Gasteiger partial charge on any atom is 0.0156 e. The molecule has 1 aromatic rings. The Bertz CT molecular complexity index is 522. The first-order valence-corrected chi connectivity index (χ1v) is 14.0. The molecule has 0 saturated heterocycles. The van der Waals surface area contributed by atoms with E-state index in [2.05, 4.69) is 45.1 Å². The lowest BCUT2D eigenvalue weighted by molar-refractivity contribution is 0.447. The summed E-state index contributed by atoms with van der Waals surface area (Å²) >= 11 is 2.27. The molecule has 0 N–H and O–H groups in total. The SMILES string of the molecule is CC(C)CP(CC(C)C)c1cc(C2CCCCC2)sc1C1CCCCC1. The minimum absolute atomic E-state index is 0.0299. The zero-order valence-electron chi connectivity index (χ0n) is 17.7. The maximum atomic E-state index is 2.75. The van der Waals surface area contributed by atoms with Crippen molar-refractivity contribution in [2.45, 2.75) is 104 Å². The second-order valence-corrected chi connectivity index (χ2v) is 13.2. The van der Waals surface area contributed by atoms with Crippen molar-refractivity contribution in [2.75, 3.05) is 12.3 Å². The molecule has 2 fully saturated rings. The second kappa shape index (κ2) is 10.1. The van der Waals surface area contributed by atoms with Gasteiger partial charge in [0.15, 0.2) is 0 Å². The van der Waals surface area contributed by atoms with Crippen LogP contribution in [-0.2, 0) is 0 Å². The topological polar surface area (TPSA) is 0 Å². The van der Waals surface area contributed by atoms with Crippen LogP contribution in [0.1, 0.15) is 113 Å². The molecule has 2 heteroatoms. The van der Waals surface area contributed by atoms with Crippen LogP contribution in [0.3, 0.4) is 0 Å². The lowest BCUT2D eigenvalue weighted by atomic mass is 9.87. The first kappa shape index (κ1) is 20.9. The lowest BCUT2D eigenvalue weighted by Crippen LogP contribution is -2.17. The minimum atomic E-state index is 0.0299. The molecule has 3 rings (SSSR count). The number of rotatable bonds is 7. The van der Waals surface area contributed by atoms with Crippen molar-refractivity contribution in [3.8, 4) is 0 Å². The monoisotopic (exact) mass is 392 g/mol. The molecule has 26 heavy (non-hydrogen) atoms. The first-order valence-electron chi connectivity index (χ1n) is 11.4. The normalized spacial score (nSPS) is 20.6. The summed E-state index contributed by atoms with van der Waals surface area (Å²) in [4.78, 5) is 3.64. The Morgan fingerprint density at radius 3 is 1.81 bits per heavy atom. The van der Waals surface area contributed by atoms with E-state index in [9.17, 15) is 0 Å². The Morgan fingerprint density at radius 2 is 1.31 bits per heavy atom. The van der Waals surface area contributed by atoms with Gasteiger partial charge in [-0.15, -0.1) is 11.3 Å². The molecule has 0 atom stereocenters. The van der Waals surface area contributed by atoms with Crippen molar-refractivity contribution in [3.63, 3.8) is 0 Å². The fourth-order valence-corrected chi connectivity index (χ4v) is 10.2. The predicted molar refractivity (Wildman–Crippen MR) is 122 cm³/mol. The van der Waals surface area contributed by atoms with Gasteiger partial charge in [0.1, 0.15) is 0 Å². The third-order valence-electron chi connectivity index (χ3n) is 6.25. The predicted octanol–water partition coefficient (Wildman–Crippen LogP) is 8.26. The Balaban J connectivity index is 1.91. The summed E-state index contributed by atoms with van der Waals surface area (Å²) < 4.78 is 0. The van der Waals surface area contributed by atoms with Crippen molar-refractivity contribution in [2.24, 2.45) is 11.8 Å². The summed E-state index contributed by atoms with van der Waals surface area (Å²) in [5.74, 6) is 3.44. The van der Waals surface area contributed by atoms with Crippen molar-refractivity contribution in [1.29, 1.82) is 0 Å². The van der Waals surface area contributed by atoms with Crippen LogP contribution >= 0.6 is 19.3 Å². The number of thiophene rings is 1. The Labute approximate surface area is 168 Å². The lowest BCUT2D eigenvalue weighted by Gasteiger charge is -2.27. The van der Waals surface area contributed by atoms with Crippen molar-refractivity contribution in [3.05, 3.63) is 15.8 Å². The van der Waals surface area contributed by atoms with Crippen molar-refractivity contribution < 1.29 is 0 Å². The van der Waals surface area contributed by atoms with Crippen LogP contribution in [0.2, 0.25) is 0 Å². The standard InChI is InChI=1S/C24H41PS/c1-18(2)16-25(17-19(3)4)22-15-23(20-11-7-5-8-12-20)26-24(22)21-13-9-6-10-14-21/h15,18-21H,5-14,16-17H2,1-4H3. The summed E-state index contributed by atoms with van der Waals surface area (Å²) in [7, 11) is 0.0299. The van der Waals surface area contributed by atoms with Crippen LogP contribution in [0.15, 0.2) is 6.07 Å². The molecule has 2 aliphatic carbocycles. The van der Waals surface area contributed by atoms with Gasteiger partial charge >= 0.3 is 0 Å². The van der Waals surface area contributed by atoms with E-state index < -0.39 is 0 Å². The summed E-state index contributed by atoms with van der Waals surface area (Å²) in [5, 5.41) is 1.86. The average molecular weight is 393 g/mol. The molecule has 0 spiro atoms. The van der Waals surface area contributed by atoms with Gasteiger partial charge in [-0.25, -0.2) is 0 Å². The van der Waals surface area contributed by atoms with Crippen molar-refractivity contribution in [1.82, 2.24) is 0 Å². The van der Waals surface area contributed by atoms with Gasteiger partial charge in [-0.05, 0) is 73.0 Å². The summed E-state index contributed by atoms with van der Waals surface area (Å²) in [6.45, 7) is 9.74. The van der Waals surface area contributed by atoms with E-state index in [0.29, 0.717) is 0 Å². The van der Waals surface area contributed by atoms with Crippen LogP contribution in [0.4, 0.5) is 0 Å². The van der Waals surface area contributed by atoms with E-state index in [1.165, 1.54) is 76.5 Å². The van der Waals surface area contributed by atoms with Crippen LogP contribution in [0.25, 0.3) is 0 Å². The molecule has 0 aromatic carbocycles. The Hall–Kier alpha value is 0.130. The van der Waals surface area contributed by atoms with Gasteiger partial charge in [-0.3, -0.25) is 0 Å². The van der Waals surface area contributed by atoms with Crippen LogP contribution in [-0.4, -0.2) is 12.3 Å². The molecule has 1 heterocycles. The van der Waals surface area contributed by atoms with Crippen molar-refractivity contribution >= 4 is 24.6 Å². The van der Waals surface area contributed by atoms with Crippen LogP contribution < -0.4 is 5.30 Å². The van der Waals surface area contributed by atoms with Crippen LogP contribution in [0, 0.1) is 11.8 Å². The number of hydrogen-bond donors (Lipinski definition) is 0. The quantitative estimate of drug-likeness (QED) is 0.410. The Kier molecular flexibility index (Phi) is 8.07. The summed E-state index contributed by atoms with van der Waals surface area (Å²) in [6, 6.07) is 2.75. The first-order chi connectivity index (χ1) is 12.5. The average Bonchev–Trinajstić information content (AvgIpc) is 3.07. The van der Waals surface area contributed by atoms with Gasteiger partial charge in [-0.1, -0.05) is 74.1 Å². The summed E-state index contributed by atoms with van der Waals surface area (Å²) in [5.41, 5.74) is 0. The van der Waals surface area contributed by atoms with Gasteiger partial charge in [-0.2, -0.15) is 0 Å². The molecular weight excluding hydrogens is 351 g/mol. The molecule has 0 amide bonds. The van der Waals surface area contributed by atoms with Crippen LogP contribution in [0.5, 0.6) is 0 Å². The third-order valence-corrected chi connectivity index (χ3v) is 11.3.